The Morgan fingerprint density at radius 2 is 2.00 bits per heavy atom. The van der Waals surface area contributed by atoms with Crippen molar-refractivity contribution < 1.29 is 14.3 Å². The van der Waals surface area contributed by atoms with E-state index in [0.29, 0.717) is 6.54 Å². The predicted molar refractivity (Wildman–Crippen MR) is 40.8 cm³/mol. The molecule has 0 atom stereocenters. The normalized spacial score (nSPS) is 12.4. The van der Waals surface area contributed by atoms with Crippen LogP contribution in [0.1, 0.15) is 0 Å². The summed E-state index contributed by atoms with van der Waals surface area (Å²) in [5.41, 5.74) is 5.01. The molecule has 0 aromatic rings. The minimum atomic E-state index is -3.26. The van der Waals surface area contributed by atoms with Gasteiger partial charge in [-0.1, -0.05) is 0 Å². The number of rotatable bonds is 3. The van der Waals surface area contributed by atoms with Gasteiger partial charge in [0.1, 0.15) is 0 Å². The van der Waals surface area contributed by atoms with E-state index in [9.17, 15) is 0 Å². The van der Waals surface area contributed by atoms with Gasteiger partial charge in [-0.2, -0.15) is 0 Å². The van der Waals surface area contributed by atoms with Gasteiger partial charge in [-0.05, 0) is 0 Å². The van der Waals surface area contributed by atoms with Crippen molar-refractivity contribution >= 4 is 37.5 Å². The number of nitrogens with two attached hydrogens (primary N) is 1. The Balaban J connectivity index is 0. The fraction of sp³-hybridized carbons (Fsp3) is 1.00. The first-order chi connectivity index (χ1) is 3.56. The Hall–Kier alpha value is 1.27. The predicted octanol–water partition coefficient (Wildman–Crippen LogP) is -1.58. The van der Waals surface area contributed by atoms with Crippen molar-refractivity contribution in [3.63, 3.8) is 0 Å². The van der Waals surface area contributed by atoms with E-state index < -0.39 is 7.94 Å². The third-order valence-corrected chi connectivity index (χ3v) is 1.24. The Kier molecular flexibility index (Phi) is 8.62. The summed E-state index contributed by atoms with van der Waals surface area (Å²) in [5, 5.41) is 0. The topological polar surface area (TPSA) is 75.7 Å². The average molecular weight is 165 g/mol. The summed E-state index contributed by atoms with van der Waals surface area (Å²) in [6, 6.07) is 0. The van der Waals surface area contributed by atoms with E-state index in [0.717, 1.165) is 0 Å². The van der Waals surface area contributed by atoms with Crippen LogP contribution in [0.25, 0.3) is 0 Å². The molecular weight excluding hydrogens is 152 g/mol. The molecule has 0 aliphatic heterocycles. The molecule has 54 valence electrons. The maximum atomic E-state index is 8.57. The van der Waals surface area contributed by atoms with Gasteiger partial charge in [0.15, 0.2) is 0 Å². The fourth-order valence-corrected chi connectivity index (χ4v) is 0.757. The van der Waals surface area contributed by atoms with Crippen LogP contribution in [0.15, 0.2) is 0 Å². The quantitative estimate of drug-likeness (QED) is 0.348. The van der Waals surface area contributed by atoms with Crippen LogP contribution in [0, 0.1) is 0 Å². The van der Waals surface area contributed by atoms with Crippen LogP contribution >= 0.6 is 7.94 Å². The van der Waals surface area contributed by atoms with Gasteiger partial charge in [-0.25, -0.2) is 0 Å². The van der Waals surface area contributed by atoms with Crippen LogP contribution in [0.3, 0.4) is 0 Å². The van der Waals surface area contributed by atoms with E-state index in [-0.39, 0.29) is 36.2 Å². The second kappa shape index (κ2) is 6.01. The second-order valence-corrected chi connectivity index (χ2v) is 3.73. The first-order valence-corrected chi connectivity index (χ1v) is 4.65. The molecule has 0 unspecified atom stereocenters. The molecule has 4 nitrogen and oxygen atoms in total. The van der Waals surface area contributed by atoms with E-state index in [2.05, 4.69) is 4.52 Å². The van der Waals surface area contributed by atoms with Crippen molar-refractivity contribution in [2.24, 2.45) is 5.73 Å². The third kappa shape index (κ3) is 12.5. The van der Waals surface area contributed by atoms with E-state index in [1.807, 2.05) is 0 Å². The van der Waals surface area contributed by atoms with Gasteiger partial charge in [0.25, 0.3) is 0 Å². The van der Waals surface area contributed by atoms with Gasteiger partial charge < -0.3 is 0 Å². The molecule has 9 heavy (non-hydrogen) atoms. The summed E-state index contributed by atoms with van der Waals surface area (Å²) in [7, 11) is -3.26. The molecule has 0 bridgehead atoms. The van der Waals surface area contributed by atoms with Crippen LogP contribution in [0.5, 0.6) is 0 Å². The van der Waals surface area contributed by atoms with Gasteiger partial charge in [-0.3, -0.25) is 0 Å². The van der Waals surface area contributed by atoms with Gasteiger partial charge >= 0.3 is 77.4 Å². The first-order valence-electron chi connectivity index (χ1n) is 2.35. The molecule has 0 amide bonds. The van der Waals surface area contributed by atoms with Crippen molar-refractivity contribution in [2.45, 2.75) is 0 Å². The van der Waals surface area contributed by atoms with Crippen molar-refractivity contribution in [2.75, 3.05) is 19.8 Å². The molecule has 0 aromatic carbocycles. The average Bonchev–Trinajstić information content (AvgIpc) is 1.59. The summed E-state index contributed by atoms with van der Waals surface area (Å²) >= 11 is 0. The first kappa shape index (κ1) is 12.9. The Bertz CT molecular complexity index is 66.6. The molecule has 0 aliphatic rings. The summed E-state index contributed by atoms with van der Waals surface area (Å²) in [4.78, 5) is 17.1. The molecule has 0 saturated carbocycles. The number of hydrogen-bond donors (Lipinski definition) is 3. The van der Waals surface area contributed by atoms with Gasteiger partial charge in [0.2, 0.25) is 0 Å². The zero-order valence-electron chi connectivity index (χ0n) is 4.79. The van der Waals surface area contributed by atoms with Crippen molar-refractivity contribution in [1.82, 2.24) is 0 Å². The number of hydrogen-bond acceptors (Lipinski definition) is 4. The van der Waals surface area contributed by atoms with Crippen LogP contribution in [0.4, 0.5) is 0 Å². The van der Waals surface area contributed by atoms with Crippen molar-refractivity contribution in [1.29, 1.82) is 0 Å². The minimum absolute atomic E-state index is 0. The molecule has 0 rings (SSSR count). The van der Waals surface area contributed by atoms with Crippen LogP contribution in [0.2, 0.25) is 0 Å². The Morgan fingerprint density at radius 3 is 2.11 bits per heavy atom. The summed E-state index contributed by atoms with van der Waals surface area (Å²) in [6.07, 6.45) is 0. The molecule has 4 N–H and O–H groups in total. The van der Waals surface area contributed by atoms with E-state index >= 15 is 0 Å². The Morgan fingerprint density at radius 1 is 1.56 bits per heavy atom. The summed E-state index contributed by atoms with van der Waals surface area (Å²) in [5.74, 6) is 0. The second-order valence-electron chi connectivity index (χ2n) is 1.57. The summed E-state index contributed by atoms with van der Waals surface area (Å²) in [6.45, 7) is 1.81. The fourth-order valence-electron chi connectivity index (χ4n) is 0.252. The van der Waals surface area contributed by atoms with Crippen molar-refractivity contribution in [3.05, 3.63) is 0 Å². The standard InChI is InChI=1S/C3H12NO3P.Na.H/c1-8(5,6)7-3-2-4;;/h5-6,8H,2-4H2,1H3;;. The third-order valence-electron chi connectivity index (χ3n) is 0.493. The van der Waals surface area contributed by atoms with Crippen LogP contribution < -0.4 is 5.73 Å². The molecule has 0 radical (unpaired) electrons. The molecular formula is C3H13NNaO3P. The molecule has 0 aliphatic carbocycles. The molecule has 0 spiro atoms. The molecule has 0 heterocycles. The maximum absolute atomic E-state index is 8.57. The molecule has 0 fully saturated rings. The zero-order chi connectivity index (χ0) is 6.62. The van der Waals surface area contributed by atoms with Crippen LogP contribution in [-0.4, -0.2) is 59.2 Å². The monoisotopic (exact) mass is 165 g/mol. The van der Waals surface area contributed by atoms with E-state index in [1.165, 1.54) is 6.66 Å². The zero-order valence-corrected chi connectivity index (χ0v) is 5.79. The Labute approximate surface area is 77.3 Å². The van der Waals surface area contributed by atoms with E-state index in [1.54, 1.807) is 0 Å². The SMILES string of the molecule is C[PH](O)(O)OCCN.[NaH]. The molecule has 6 heteroatoms. The summed E-state index contributed by atoms with van der Waals surface area (Å²) < 4.78 is 4.50. The van der Waals surface area contributed by atoms with Crippen molar-refractivity contribution in [3.8, 4) is 0 Å². The van der Waals surface area contributed by atoms with E-state index in [4.69, 9.17) is 15.5 Å². The molecule has 0 saturated heterocycles. The van der Waals surface area contributed by atoms with Gasteiger partial charge in [0.05, 0.1) is 0 Å². The van der Waals surface area contributed by atoms with Gasteiger partial charge in [-0.15, -0.1) is 0 Å². The van der Waals surface area contributed by atoms with Gasteiger partial charge in [0, 0.05) is 0 Å². The molecule has 0 aromatic heterocycles. The van der Waals surface area contributed by atoms with Crippen LogP contribution in [-0.2, 0) is 4.52 Å².